The van der Waals surface area contributed by atoms with Gasteiger partial charge in [-0.1, -0.05) is 12.1 Å². The van der Waals surface area contributed by atoms with E-state index in [-0.39, 0.29) is 0 Å². The summed E-state index contributed by atoms with van der Waals surface area (Å²) in [4.78, 5) is 4.05. The first-order valence-corrected chi connectivity index (χ1v) is 5.29. The first-order chi connectivity index (χ1) is 6.68. The number of nitrogen functional groups attached to an aromatic ring is 1. The van der Waals surface area contributed by atoms with Crippen molar-refractivity contribution in [1.29, 1.82) is 0 Å². The van der Waals surface area contributed by atoms with E-state index in [1.807, 2.05) is 11.6 Å². The molecular formula is C10H10IN3. The van der Waals surface area contributed by atoms with Crippen LogP contribution in [0.25, 0.3) is 11.3 Å². The van der Waals surface area contributed by atoms with Gasteiger partial charge in [-0.25, -0.2) is 4.98 Å². The molecule has 0 unspecified atom stereocenters. The lowest BCUT2D eigenvalue weighted by molar-refractivity contribution is 0.938. The first kappa shape index (κ1) is 9.51. The number of halogens is 1. The summed E-state index contributed by atoms with van der Waals surface area (Å²) in [5, 5.41) is 0. The maximum absolute atomic E-state index is 5.66. The molecule has 72 valence electrons. The lowest BCUT2D eigenvalue weighted by atomic mass is 10.2. The van der Waals surface area contributed by atoms with Gasteiger partial charge in [-0.2, -0.15) is 0 Å². The van der Waals surface area contributed by atoms with E-state index in [1.54, 1.807) is 6.20 Å². The predicted molar refractivity (Wildman–Crippen MR) is 65.8 cm³/mol. The van der Waals surface area contributed by atoms with Crippen LogP contribution < -0.4 is 5.73 Å². The molecule has 0 aliphatic carbocycles. The predicted octanol–water partition coefficient (Wildman–Crippen LogP) is 2.27. The van der Waals surface area contributed by atoms with E-state index in [1.165, 1.54) is 3.57 Å². The van der Waals surface area contributed by atoms with Crippen LogP contribution in [0.15, 0.2) is 30.5 Å². The molecule has 0 aliphatic rings. The summed E-state index contributed by atoms with van der Waals surface area (Å²) in [6.45, 7) is 0. The molecule has 0 saturated carbocycles. The summed E-state index contributed by atoms with van der Waals surface area (Å²) in [6, 6.07) is 8.27. The second-order valence-corrected chi connectivity index (χ2v) is 4.31. The highest BCUT2D eigenvalue weighted by Crippen LogP contribution is 2.21. The van der Waals surface area contributed by atoms with Crippen LogP contribution in [0.5, 0.6) is 0 Å². The van der Waals surface area contributed by atoms with Gasteiger partial charge in [0.1, 0.15) is 0 Å². The summed E-state index contributed by atoms with van der Waals surface area (Å²) < 4.78 is 3.10. The number of aromatic nitrogens is 2. The molecule has 2 rings (SSSR count). The molecule has 0 spiro atoms. The molecule has 0 saturated heterocycles. The summed E-state index contributed by atoms with van der Waals surface area (Å²) in [5.41, 5.74) is 7.84. The zero-order valence-corrected chi connectivity index (χ0v) is 9.89. The molecule has 0 aliphatic heterocycles. The van der Waals surface area contributed by atoms with Gasteiger partial charge in [0, 0.05) is 10.6 Å². The van der Waals surface area contributed by atoms with E-state index in [4.69, 9.17) is 5.73 Å². The van der Waals surface area contributed by atoms with E-state index < -0.39 is 0 Å². The molecule has 14 heavy (non-hydrogen) atoms. The van der Waals surface area contributed by atoms with Gasteiger partial charge in [0.05, 0.1) is 11.9 Å². The van der Waals surface area contributed by atoms with Crippen molar-refractivity contribution >= 4 is 28.5 Å². The van der Waals surface area contributed by atoms with Gasteiger partial charge in [0.15, 0.2) is 5.95 Å². The minimum atomic E-state index is 0.540. The number of hydrogen-bond acceptors (Lipinski definition) is 2. The summed E-state index contributed by atoms with van der Waals surface area (Å²) in [5.74, 6) is 0.540. The highest BCUT2D eigenvalue weighted by molar-refractivity contribution is 14.1. The topological polar surface area (TPSA) is 43.8 Å². The number of nitrogens with zero attached hydrogens (tertiary/aromatic N) is 2. The van der Waals surface area contributed by atoms with E-state index >= 15 is 0 Å². The Morgan fingerprint density at radius 3 is 2.43 bits per heavy atom. The average molecular weight is 299 g/mol. The quantitative estimate of drug-likeness (QED) is 0.821. The number of imidazole rings is 1. The molecule has 4 heteroatoms. The molecule has 0 atom stereocenters. The van der Waals surface area contributed by atoms with Crippen molar-refractivity contribution in [1.82, 2.24) is 9.55 Å². The maximum Gasteiger partial charge on any atom is 0.200 e. The second-order valence-electron chi connectivity index (χ2n) is 3.07. The van der Waals surface area contributed by atoms with Crippen molar-refractivity contribution in [3.05, 3.63) is 34.0 Å². The Kier molecular flexibility index (Phi) is 2.45. The monoisotopic (exact) mass is 299 g/mol. The maximum atomic E-state index is 5.66. The van der Waals surface area contributed by atoms with Crippen molar-refractivity contribution in [3.63, 3.8) is 0 Å². The standard InChI is InChI=1S/C10H10IN3/c1-14-9(6-13-10(14)12)7-2-4-8(11)5-3-7/h2-6H,1H3,(H2,12,13). The van der Waals surface area contributed by atoms with Crippen molar-refractivity contribution in [2.24, 2.45) is 7.05 Å². The van der Waals surface area contributed by atoms with Crippen LogP contribution in [-0.2, 0) is 7.05 Å². The Labute approximate surface area is 96.1 Å². The third-order valence-electron chi connectivity index (χ3n) is 2.16. The Bertz CT molecular complexity index is 445. The molecule has 0 radical (unpaired) electrons. The van der Waals surface area contributed by atoms with Gasteiger partial charge >= 0.3 is 0 Å². The number of anilines is 1. The first-order valence-electron chi connectivity index (χ1n) is 4.21. The van der Waals surface area contributed by atoms with Crippen molar-refractivity contribution in [2.75, 3.05) is 5.73 Å². The van der Waals surface area contributed by atoms with Crippen LogP contribution in [0.3, 0.4) is 0 Å². The minimum Gasteiger partial charge on any atom is -0.369 e. The summed E-state index contributed by atoms with van der Waals surface area (Å²) >= 11 is 2.28. The molecule has 0 bridgehead atoms. The Hall–Kier alpha value is -1.04. The second kappa shape index (κ2) is 3.61. The van der Waals surface area contributed by atoms with Gasteiger partial charge < -0.3 is 10.3 Å². The van der Waals surface area contributed by atoms with E-state index in [0.717, 1.165) is 11.3 Å². The fourth-order valence-electron chi connectivity index (χ4n) is 1.31. The number of hydrogen-bond donors (Lipinski definition) is 1. The Morgan fingerprint density at radius 1 is 1.29 bits per heavy atom. The van der Waals surface area contributed by atoms with E-state index in [0.29, 0.717) is 5.95 Å². The van der Waals surface area contributed by atoms with E-state index in [2.05, 4.69) is 51.8 Å². The van der Waals surface area contributed by atoms with Gasteiger partial charge in [-0.05, 0) is 40.3 Å². The largest absolute Gasteiger partial charge is 0.369 e. The molecular weight excluding hydrogens is 289 g/mol. The molecule has 0 fully saturated rings. The molecule has 0 amide bonds. The van der Waals surface area contributed by atoms with Crippen LogP contribution >= 0.6 is 22.6 Å². The fraction of sp³-hybridized carbons (Fsp3) is 0.100. The minimum absolute atomic E-state index is 0.540. The Morgan fingerprint density at radius 2 is 1.93 bits per heavy atom. The van der Waals surface area contributed by atoms with E-state index in [9.17, 15) is 0 Å². The lowest BCUT2D eigenvalue weighted by Gasteiger charge is -2.03. The third-order valence-corrected chi connectivity index (χ3v) is 2.88. The SMILES string of the molecule is Cn1c(-c2ccc(I)cc2)cnc1N. The average Bonchev–Trinajstić information content (AvgIpc) is 2.50. The lowest BCUT2D eigenvalue weighted by Crippen LogP contribution is -1.98. The van der Waals surface area contributed by atoms with Gasteiger partial charge in [0.25, 0.3) is 0 Å². The van der Waals surface area contributed by atoms with Crippen LogP contribution in [0.1, 0.15) is 0 Å². The number of rotatable bonds is 1. The number of benzene rings is 1. The third kappa shape index (κ3) is 1.61. The van der Waals surface area contributed by atoms with Crippen molar-refractivity contribution in [3.8, 4) is 11.3 Å². The van der Waals surface area contributed by atoms with Gasteiger partial charge in [-0.15, -0.1) is 0 Å². The normalized spacial score (nSPS) is 10.4. The van der Waals surface area contributed by atoms with Gasteiger partial charge in [-0.3, -0.25) is 0 Å². The van der Waals surface area contributed by atoms with Crippen LogP contribution in [0, 0.1) is 3.57 Å². The smallest absolute Gasteiger partial charge is 0.200 e. The van der Waals surface area contributed by atoms with Crippen molar-refractivity contribution in [2.45, 2.75) is 0 Å². The van der Waals surface area contributed by atoms with Crippen molar-refractivity contribution < 1.29 is 0 Å². The number of nitrogens with two attached hydrogens (primary N) is 1. The van der Waals surface area contributed by atoms with Gasteiger partial charge in [0.2, 0.25) is 0 Å². The zero-order chi connectivity index (χ0) is 10.1. The fourth-order valence-corrected chi connectivity index (χ4v) is 1.67. The highest BCUT2D eigenvalue weighted by atomic mass is 127. The Balaban J connectivity index is 2.49. The molecule has 1 aromatic carbocycles. The molecule has 2 aromatic rings. The molecule has 2 N–H and O–H groups in total. The molecule has 1 heterocycles. The molecule has 1 aromatic heterocycles. The zero-order valence-electron chi connectivity index (χ0n) is 7.74. The van der Waals surface area contributed by atoms with Crippen LogP contribution in [0.2, 0.25) is 0 Å². The van der Waals surface area contributed by atoms with Crippen LogP contribution in [0.4, 0.5) is 5.95 Å². The summed E-state index contributed by atoms with van der Waals surface area (Å²) in [7, 11) is 1.91. The molecule has 3 nitrogen and oxygen atoms in total. The van der Waals surface area contributed by atoms with Crippen LogP contribution in [-0.4, -0.2) is 9.55 Å². The summed E-state index contributed by atoms with van der Waals surface area (Å²) in [6.07, 6.45) is 1.79. The highest BCUT2D eigenvalue weighted by Gasteiger charge is 2.04.